The first-order valence-corrected chi connectivity index (χ1v) is 7.39. The number of rotatable bonds is 1. The third-order valence-corrected chi connectivity index (χ3v) is 4.46. The summed E-state index contributed by atoms with van der Waals surface area (Å²) < 4.78 is 40.3. The van der Waals surface area contributed by atoms with Crippen LogP contribution in [0.2, 0.25) is 0 Å². The van der Waals surface area contributed by atoms with Gasteiger partial charge in [0.2, 0.25) is 0 Å². The number of amides is 1. The Morgan fingerprint density at radius 1 is 1.48 bits per heavy atom. The van der Waals surface area contributed by atoms with Crippen molar-refractivity contribution < 1.29 is 23.1 Å². The fraction of sp³-hybridized carbons (Fsp3) is 0.583. The van der Waals surface area contributed by atoms with Crippen LogP contribution in [0.15, 0.2) is 16.0 Å². The van der Waals surface area contributed by atoms with E-state index in [1.165, 1.54) is 10.9 Å². The quantitative estimate of drug-likeness (QED) is 0.864. The van der Waals surface area contributed by atoms with E-state index in [0.29, 0.717) is 19.3 Å². The number of nitrogens with zero attached hydrogens (tertiary/aromatic N) is 3. The summed E-state index contributed by atoms with van der Waals surface area (Å²) in [5, 5.41) is 15.6. The highest BCUT2D eigenvalue weighted by Gasteiger charge is 2.68. The van der Waals surface area contributed by atoms with Gasteiger partial charge in [0, 0.05) is 11.1 Å². The average Bonchev–Trinajstić information content (AvgIpc) is 3.05. The lowest BCUT2D eigenvalue weighted by atomic mass is 9.80. The van der Waals surface area contributed by atoms with Crippen molar-refractivity contribution in [3.05, 3.63) is 16.6 Å². The molecule has 1 aliphatic carbocycles. The second-order valence-electron chi connectivity index (χ2n) is 5.10. The molecule has 0 radical (unpaired) electrons. The lowest BCUT2D eigenvalue weighted by molar-refractivity contribution is -0.312. The van der Waals surface area contributed by atoms with Gasteiger partial charge in [-0.2, -0.15) is 23.3 Å². The van der Waals surface area contributed by atoms with Gasteiger partial charge in [0.1, 0.15) is 5.69 Å². The summed E-state index contributed by atoms with van der Waals surface area (Å²) >= 11 is 1.09. The second kappa shape index (κ2) is 4.77. The largest absolute Gasteiger partial charge is 0.439 e. The van der Waals surface area contributed by atoms with E-state index < -0.39 is 23.7 Å². The molecule has 5 nitrogen and oxygen atoms in total. The van der Waals surface area contributed by atoms with Gasteiger partial charge in [0.05, 0.1) is 11.4 Å². The predicted octanol–water partition coefficient (Wildman–Crippen LogP) is 2.40. The molecule has 21 heavy (non-hydrogen) atoms. The van der Waals surface area contributed by atoms with Crippen molar-refractivity contribution in [2.45, 2.75) is 37.6 Å². The first kappa shape index (κ1) is 14.5. The number of thiazole rings is 1. The topological polar surface area (TPSA) is 65.8 Å². The number of halogens is 3. The number of aromatic nitrogens is 1. The fourth-order valence-corrected chi connectivity index (χ4v) is 3.37. The molecule has 3 rings (SSSR count). The van der Waals surface area contributed by atoms with Crippen molar-refractivity contribution in [3.63, 3.8) is 0 Å². The number of fused-ring (bicyclic) bond motifs is 1. The van der Waals surface area contributed by atoms with Crippen LogP contribution in [0, 0.1) is 5.92 Å². The molecule has 2 heterocycles. The van der Waals surface area contributed by atoms with Crippen molar-refractivity contribution in [1.29, 1.82) is 0 Å². The second-order valence-corrected chi connectivity index (χ2v) is 5.82. The molecule has 9 heteroatoms. The van der Waals surface area contributed by atoms with Crippen LogP contribution in [-0.4, -0.2) is 38.6 Å². The van der Waals surface area contributed by atoms with Gasteiger partial charge in [-0.1, -0.05) is 6.42 Å². The number of hydrazone groups is 1. The Kier molecular flexibility index (Phi) is 3.28. The first-order valence-electron chi connectivity index (χ1n) is 6.45. The van der Waals surface area contributed by atoms with E-state index in [-0.39, 0.29) is 22.8 Å². The summed E-state index contributed by atoms with van der Waals surface area (Å²) in [5.74, 6) is -2.22. The summed E-state index contributed by atoms with van der Waals surface area (Å²) in [7, 11) is 0. The summed E-state index contributed by atoms with van der Waals surface area (Å²) in [4.78, 5) is 15.9. The highest BCUT2D eigenvalue weighted by Crippen LogP contribution is 2.48. The van der Waals surface area contributed by atoms with E-state index in [1.54, 1.807) is 0 Å². The lowest BCUT2D eigenvalue weighted by Gasteiger charge is -2.37. The molecule has 1 N–H and O–H groups in total. The molecule has 0 saturated heterocycles. The maximum absolute atomic E-state index is 13.4. The Morgan fingerprint density at radius 3 is 2.86 bits per heavy atom. The van der Waals surface area contributed by atoms with Crippen LogP contribution in [0.5, 0.6) is 0 Å². The molecule has 1 fully saturated rings. The molecular formula is C12H12F3N3O2S. The Bertz CT molecular complexity index is 587. The van der Waals surface area contributed by atoms with Crippen LogP contribution in [-0.2, 0) is 0 Å². The van der Waals surface area contributed by atoms with E-state index in [1.807, 2.05) is 0 Å². The van der Waals surface area contributed by atoms with Crippen LogP contribution in [0.3, 0.4) is 0 Å². The molecule has 2 aliphatic rings. The van der Waals surface area contributed by atoms with Crippen molar-refractivity contribution >= 4 is 23.0 Å². The Hall–Kier alpha value is -1.48. The summed E-state index contributed by atoms with van der Waals surface area (Å²) in [5.41, 5.74) is -1.84. The van der Waals surface area contributed by atoms with E-state index in [0.717, 1.165) is 11.3 Å². The highest BCUT2D eigenvalue weighted by molar-refractivity contribution is 7.07. The van der Waals surface area contributed by atoms with Crippen LogP contribution in [0.1, 0.15) is 36.2 Å². The van der Waals surface area contributed by atoms with Crippen molar-refractivity contribution in [2.24, 2.45) is 11.0 Å². The zero-order chi connectivity index (χ0) is 15.3. The number of carbonyl (C=O) groups is 1. The van der Waals surface area contributed by atoms with Gasteiger partial charge in [-0.15, -0.1) is 11.3 Å². The van der Waals surface area contributed by atoms with Crippen LogP contribution in [0.25, 0.3) is 0 Å². The molecule has 114 valence electrons. The standard InChI is InChI=1S/C12H12F3N3O2S/c13-12(14,15)11(20)7-3-1-2-4-8(7)17-18(11)10(19)9-5-21-6-16-9/h5-7,20H,1-4H2/t7-,11-/m1/s1. The van der Waals surface area contributed by atoms with E-state index in [9.17, 15) is 23.1 Å². The van der Waals surface area contributed by atoms with E-state index >= 15 is 0 Å². The maximum Gasteiger partial charge on any atom is 0.439 e. The normalized spacial score (nSPS) is 29.2. The average molecular weight is 319 g/mol. The molecule has 0 aromatic carbocycles. The van der Waals surface area contributed by atoms with E-state index in [4.69, 9.17) is 0 Å². The van der Waals surface area contributed by atoms with Gasteiger partial charge in [0.25, 0.3) is 11.6 Å². The van der Waals surface area contributed by atoms with Gasteiger partial charge in [0.15, 0.2) is 0 Å². The molecule has 1 aromatic heterocycles. The highest BCUT2D eigenvalue weighted by atomic mass is 32.1. The molecule has 0 spiro atoms. The molecule has 1 amide bonds. The van der Waals surface area contributed by atoms with Crippen molar-refractivity contribution in [3.8, 4) is 0 Å². The molecule has 2 atom stereocenters. The molecule has 0 unspecified atom stereocenters. The Labute approximate surface area is 122 Å². The molecule has 1 aliphatic heterocycles. The van der Waals surface area contributed by atoms with Crippen molar-refractivity contribution in [2.75, 3.05) is 0 Å². The van der Waals surface area contributed by atoms with Crippen LogP contribution in [0.4, 0.5) is 13.2 Å². The predicted molar refractivity (Wildman–Crippen MR) is 68.7 cm³/mol. The fourth-order valence-electron chi connectivity index (χ4n) is 2.85. The zero-order valence-electron chi connectivity index (χ0n) is 10.8. The van der Waals surface area contributed by atoms with Gasteiger partial charge in [-0.3, -0.25) is 4.79 Å². The smallest absolute Gasteiger partial charge is 0.362 e. The minimum Gasteiger partial charge on any atom is -0.362 e. The Balaban J connectivity index is 2.04. The molecule has 1 aromatic rings. The minimum absolute atomic E-state index is 0.148. The van der Waals surface area contributed by atoms with Crippen molar-refractivity contribution in [1.82, 2.24) is 9.99 Å². The van der Waals surface area contributed by atoms with Gasteiger partial charge in [-0.05, 0) is 19.3 Å². The third kappa shape index (κ3) is 2.06. The molecule has 0 bridgehead atoms. The van der Waals surface area contributed by atoms with E-state index in [2.05, 4.69) is 10.1 Å². The summed E-state index contributed by atoms with van der Waals surface area (Å²) in [6, 6.07) is 0. The van der Waals surface area contributed by atoms with Gasteiger partial charge in [-0.25, -0.2) is 4.98 Å². The van der Waals surface area contributed by atoms with Crippen LogP contribution < -0.4 is 0 Å². The lowest BCUT2D eigenvalue weighted by Crippen LogP contribution is -2.61. The number of aliphatic hydroxyl groups is 1. The number of hydrogen-bond donors (Lipinski definition) is 1. The molecular weight excluding hydrogens is 307 g/mol. The minimum atomic E-state index is -4.98. The SMILES string of the molecule is O=C(c1cscn1)N1N=C2CCCC[C@H]2[C@@]1(O)C(F)(F)F. The molecule has 1 saturated carbocycles. The number of carbonyl (C=O) groups excluding carboxylic acids is 1. The zero-order valence-corrected chi connectivity index (χ0v) is 11.6. The Morgan fingerprint density at radius 2 is 2.24 bits per heavy atom. The van der Waals surface area contributed by atoms with Gasteiger partial charge < -0.3 is 5.11 Å². The third-order valence-electron chi connectivity index (χ3n) is 3.88. The number of alkyl halides is 3. The first-order chi connectivity index (χ1) is 9.85. The number of hydrogen-bond acceptors (Lipinski definition) is 5. The van der Waals surface area contributed by atoms with Gasteiger partial charge >= 0.3 is 6.18 Å². The maximum atomic E-state index is 13.4. The summed E-state index contributed by atoms with van der Waals surface area (Å²) in [6.07, 6.45) is -3.17. The monoisotopic (exact) mass is 319 g/mol. The van der Waals surface area contributed by atoms with Crippen LogP contribution >= 0.6 is 11.3 Å². The summed E-state index contributed by atoms with van der Waals surface area (Å²) in [6.45, 7) is 0.